The van der Waals surface area contributed by atoms with Gasteiger partial charge in [0.2, 0.25) is 0 Å². The maximum absolute atomic E-state index is 8.28. The van der Waals surface area contributed by atoms with Gasteiger partial charge in [-0.15, -0.1) is 11.6 Å². The molecule has 2 bridgehead atoms. The number of hydrogen-bond acceptors (Lipinski definition) is 3. The zero-order chi connectivity index (χ0) is 15.3. The molecular formula is C14H23BClN3O2. The Morgan fingerprint density at radius 1 is 1.43 bits per heavy atom. The molecule has 1 aliphatic heterocycles. The van der Waals surface area contributed by atoms with Crippen molar-refractivity contribution in [1.29, 1.82) is 0 Å². The average Bonchev–Trinajstić information content (AvgIpc) is 2.80. The summed E-state index contributed by atoms with van der Waals surface area (Å²) in [7, 11) is -0.331. The van der Waals surface area contributed by atoms with Crippen LogP contribution in [0.1, 0.15) is 46.5 Å². The monoisotopic (exact) mass is 311 g/mol. The molecule has 5 atom stereocenters. The third-order valence-corrected chi connectivity index (χ3v) is 6.49. The predicted molar refractivity (Wildman–Crippen MR) is 83.0 cm³/mol. The second-order valence-electron chi connectivity index (χ2n) is 7.45. The van der Waals surface area contributed by atoms with Gasteiger partial charge in [-0.3, -0.25) is 0 Å². The van der Waals surface area contributed by atoms with E-state index in [4.69, 9.17) is 26.4 Å². The molecule has 4 rings (SSSR count). The number of azide groups is 1. The summed E-state index contributed by atoms with van der Waals surface area (Å²) in [6.45, 7) is 7.37. The number of rotatable bonds is 5. The van der Waals surface area contributed by atoms with Crippen LogP contribution in [-0.4, -0.2) is 30.6 Å². The molecule has 0 aromatic heterocycles. The lowest BCUT2D eigenvalue weighted by molar-refractivity contribution is -0.199. The summed E-state index contributed by atoms with van der Waals surface area (Å²) in [4.78, 5) is 2.75. The predicted octanol–water partition coefficient (Wildman–Crippen LogP) is 3.95. The quantitative estimate of drug-likeness (QED) is 0.193. The standard InChI is InChI=1S/C14H23BClN3O2/c1-13(2)9-7-10(13)14(3)11(8-9)20-15(21-14)12(16)5-4-6-18-19-17/h9-12H,4-8H2,1-3H3/t9-,10-,11+,12+,14-/m0/s1. The summed E-state index contributed by atoms with van der Waals surface area (Å²) in [6.07, 6.45) is 4.02. The summed E-state index contributed by atoms with van der Waals surface area (Å²) >= 11 is 6.44. The molecule has 0 spiro atoms. The SMILES string of the molecule is CC1(C)[C@@H]2C[C@H]3OB([C@H](Cl)CCCN=[N+]=[N-])O[C@@]3(C)[C@H]1C2. The van der Waals surface area contributed by atoms with Gasteiger partial charge in [0.05, 0.1) is 17.0 Å². The molecule has 0 N–H and O–H groups in total. The van der Waals surface area contributed by atoms with Crippen molar-refractivity contribution in [2.45, 2.75) is 63.4 Å². The molecule has 7 heteroatoms. The van der Waals surface area contributed by atoms with Gasteiger partial charge in [0.25, 0.3) is 0 Å². The highest BCUT2D eigenvalue weighted by Crippen LogP contribution is 2.65. The Morgan fingerprint density at radius 2 is 2.19 bits per heavy atom. The minimum absolute atomic E-state index is 0.178. The highest BCUT2D eigenvalue weighted by atomic mass is 35.5. The van der Waals surface area contributed by atoms with Crippen molar-refractivity contribution in [2.24, 2.45) is 22.4 Å². The van der Waals surface area contributed by atoms with Gasteiger partial charge in [-0.05, 0) is 55.4 Å². The van der Waals surface area contributed by atoms with Gasteiger partial charge in [-0.2, -0.15) is 0 Å². The van der Waals surface area contributed by atoms with E-state index in [1.165, 1.54) is 6.42 Å². The Kier molecular flexibility index (Phi) is 3.94. The minimum Gasteiger partial charge on any atom is -0.404 e. The van der Waals surface area contributed by atoms with Crippen LogP contribution in [0.3, 0.4) is 0 Å². The minimum atomic E-state index is -0.331. The summed E-state index contributed by atoms with van der Waals surface area (Å²) in [6, 6.07) is 0. The second kappa shape index (κ2) is 5.34. The van der Waals surface area contributed by atoms with Crippen LogP contribution in [0, 0.1) is 17.3 Å². The van der Waals surface area contributed by atoms with E-state index < -0.39 is 0 Å². The van der Waals surface area contributed by atoms with E-state index >= 15 is 0 Å². The van der Waals surface area contributed by atoms with Crippen LogP contribution in [0.5, 0.6) is 0 Å². The number of nitrogens with zero attached hydrogens (tertiary/aromatic N) is 3. The molecule has 3 saturated carbocycles. The van der Waals surface area contributed by atoms with Gasteiger partial charge in [0, 0.05) is 11.5 Å². The summed E-state index contributed by atoms with van der Waals surface area (Å²) in [5, 5.41) is 3.36. The van der Waals surface area contributed by atoms with E-state index in [2.05, 4.69) is 30.8 Å². The molecule has 0 unspecified atom stereocenters. The van der Waals surface area contributed by atoms with Crippen molar-refractivity contribution in [3.8, 4) is 0 Å². The molecule has 116 valence electrons. The third kappa shape index (κ3) is 2.37. The van der Waals surface area contributed by atoms with E-state index in [1.54, 1.807) is 0 Å². The first-order valence-electron chi connectivity index (χ1n) is 7.87. The van der Waals surface area contributed by atoms with Crippen LogP contribution in [0.25, 0.3) is 10.4 Å². The summed E-state index contributed by atoms with van der Waals surface area (Å²) < 4.78 is 12.4. The second-order valence-corrected chi connectivity index (χ2v) is 8.01. The molecule has 21 heavy (non-hydrogen) atoms. The highest BCUT2D eigenvalue weighted by molar-refractivity contribution is 6.59. The molecular weight excluding hydrogens is 288 g/mol. The highest BCUT2D eigenvalue weighted by Gasteiger charge is 2.68. The lowest BCUT2D eigenvalue weighted by atomic mass is 9.43. The van der Waals surface area contributed by atoms with Crippen LogP contribution in [0.2, 0.25) is 0 Å². The van der Waals surface area contributed by atoms with Gasteiger partial charge in [-0.1, -0.05) is 19.0 Å². The fourth-order valence-corrected chi connectivity index (χ4v) is 4.86. The molecule has 1 heterocycles. The van der Waals surface area contributed by atoms with Crippen LogP contribution in [0.4, 0.5) is 0 Å². The molecule has 4 aliphatic rings. The zero-order valence-electron chi connectivity index (χ0n) is 13.0. The fourth-order valence-electron chi connectivity index (χ4n) is 4.59. The first-order chi connectivity index (χ1) is 9.89. The topological polar surface area (TPSA) is 67.2 Å². The fraction of sp³-hybridized carbons (Fsp3) is 1.00. The molecule has 0 aromatic rings. The number of alkyl halides is 1. The molecule has 0 aromatic carbocycles. The van der Waals surface area contributed by atoms with Crippen molar-refractivity contribution in [2.75, 3.05) is 6.54 Å². The van der Waals surface area contributed by atoms with Crippen LogP contribution >= 0.6 is 11.6 Å². The largest absolute Gasteiger partial charge is 0.476 e. The van der Waals surface area contributed by atoms with Crippen molar-refractivity contribution >= 4 is 18.7 Å². The van der Waals surface area contributed by atoms with Gasteiger partial charge >= 0.3 is 7.12 Å². The summed E-state index contributed by atoms with van der Waals surface area (Å²) in [5.74, 6) is 1.31. The Bertz CT molecular complexity index is 471. The third-order valence-electron chi connectivity index (χ3n) is 6.07. The van der Waals surface area contributed by atoms with Gasteiger partial charge in [0.15, 0.2) is 0 Å². The Hall–Kier alpha value is -0.415. The van der Waals surface area contributed by atoms with Gasteiger partial charge in [-0.25, -0.2) is 0 Å². The summed E-state index contributed by atoms with van der Waals surface area (Å²) in [5.41, 5.74) is 8.44. The van der Waals surface area contributed by atoms with Crippen molar-refractivity contribution in [1.82, 2.24) is 0 Å². The van der Waals surface area contributed by atoms with Gasteiger partial charge in [0.1, 0.15) is 0 Å². The first kappa shape index (κ1) is 15.5. The van der Waals surface area contributed by atoms with E-state index in [1.807, 2.05) is 0 Å². The number of hydrogen-bond donors (Lipinski definition) is 0. The molecule has 4 fully saturated rings. The Labute approximate surface area is 131 Å². The van der Waals surface area contributed by atoms with E-state index in [0.29, 0.717) is 17.9 Å². The van der Waals surface area contributed by atoms with Crippen molar-refractivity contribution in [3.05, 3.63) is 10.4 Å². The number of halogens is 1. The normalized spacial score (nSPS) is 41.0. The lowest BCUT2D eigenvalue weighted by Gasteiger charge is -2.64. The maximum atomic E-state index is 8.28. The van der Waals surface area contributed by atoms with Crippen LogP contribution in [0.15, 0.2) is 5.11 Å². The van der Waals surface area contributed by atoms with Crippen molar-refractivity contribution in [3.63, 3.8) is 0 Å². The molecule has 0 amide bonds. The first-order valence-corrected chi connectivity index (χ1v) is 8.31. The molecule has 3 aliphatic carbocycles. The van der Waals surface area contributed by atoms with E-state index in [9.17, 15) is 0 Å². The Morgan fingerprint density at radius 3 is 2.86 bits per heavy atom. The Balaban J connectivity index is 1.61. The van der Waals surface area contributed by atoms with E-state index in [0.717, 1.165) is 25.2 Å². The van der Waals surface area contributed by atoms with Crippen molar-refractivity contribution < 1.29 is 9.31 Å². The lowest BCUT2D eigenvalue weighted by Crippen LogP contribution is -2.65. The van der Waals surface area contributed by atoms with Crippen LogP contribution < -0.4 is 0 Å². The van der Waals surface area contributed by atoms with Gasteiger partial charge < -0.3 is 9.31 Å². The molecule has 0 radical (unpaired) electrons. The van der Waals surface area contributed by atoms with E-state index in [-0.39, 0.29) is 24.1 Å². The molecule has 5 nitrogen and oxygen atoms in total. The smallest absolute Gasteiger partial charge is 0.404 e. The van der Waals surface area contributed by atoms with Crippen LogP contribution in [-0.2, 0) is 9.31 Å². The zero-order valence-corrected chi connectivity index (χ0v) is 13.7. The molecule has 1 saturated heterocycles. The maximum Gasteiger partial charge on any atom is 0.476 e. The average molecular weight is 312 g/mol.